The second kappa shape index (κ2) is 11.3. The van der Waals surface area contributed by atoms with E-state index in [1.807, 2.05) is 44.2 Å². The van der Waals surface area contributed by atoms with Gasteiger partial charge in [-0.05, 0) is 49.2 Å². The maximum atomic E-state index is 15.6. The van der Waals surface area contributed by atoms with Crippen LogP contribution in [0, 0.1) is 5.82 Å². The van der Waals surface area contributed by atoms with E-state index in [2.05, 4.69) is 10.1 Å². The topological polar surface area (TPSA) is 81.2 Å². The fourth-order valence-electron chi connectivity index (χ4n) is 5.37. The van der Waals surface area contributed by atoms with Gasteiger partial charge >= 0.3 is 6.18 Å². The second-order valence-electron chi connectivity index (χ2n) is 11.3. The monoisotopic (exact) mass is 624 g/mol. The van der Waals surface area contributed by atoms with Crippen molar-refractivity contribution in [2.24, 2.45) is 0 Å². The van der Waals surface area contributed by atoms with E-state index in [1.54, 1.807) is 15.5 Å². The van der Waals surface area contributed by atoms with Gasteiger partial charge in [-0.15, -0.1) is 0 Å². The van der Waals surface area contributed by atoms with Gasteiger partial charge in [0.1, 0.15) is 5.82 Å². The van der Waals surface area contributed by atoms with E-state index < -0.39 is 39.2 Å². The van der Waals surface area contributed by atoms with Crippen molar-refractivity contribution in [3.63, 3.8) is 0 Å². The summed E-state index contributed by atoms with van der Waals surface area (Å²) in [6.45, 7) is 4.68. The highest BCUT2D eigenvalue weighted by Gasteiger charge is 2.32. The Balaban J connectivity index is 1.47. The average molecular weight is 625 g/mol. The molecule has 0 unspecified atom stereocenters. The van der Waals surface area contributed by atoms with Crippen molar-refractivity contribution < 1.29 is 26.3 Å². The summed E-state index contributed by atoms with van der Waals surface area (Å²) >= 11 is 0. The molecule has 0 N–H and O–H groups in total. The van der Waals surface area contributed by atoms with Gasteiger partial charge in [0.2, 0.25) is 17.1 Å². The lowest BCUT2D eigenvalue weighted by Gasteiger charge is -2.29. The zero-order valence-electron chi connectivity index (χ0n) is 23.9. The highest BCUT2D eigenvalue weighted by atomic mass is 32.2. The Kier molecular flexibility index (Phi) is 7.64. The van der Waals surface area contributed by atoms with Crippen LogP contribution in [0.1, 0.15) is 36.4 Å². The number of benzene rings is 3. The molecule has 3 aromatic carbocycles. The predicted octanol–water partition coefficient (Wildman–Crippen LogP) is 6.15. The summed E-state index contributed by atoms with van der Waals surface area (Å²) in [4.78, 5) is 20.2. The molecule has 44 heavy (non-hydrogen) atoms. The summed E-state index contributed by atoms with van der Waals surface area (Å²) < 4.78 is 74.3. The lowest BCUT2D eigenvalue weighted by atomic mass is 9.84. The predicted molar refractivity (Wildman–Crippen MR) is 161 cm³/mol. The highest BCUT2D eigenvalue weighted by molar-refractivity contribution is 7.85. The SMILES string of the molecule is CC(C)(c1ccccc1)c1nc(-c2cn(Cc3ccc(C(F)(F)F)cc3)c3cc(N4CCS(=O)CC4)c(F)cc3c2=O)no1. The standard InChI is InChI=1S/C32H28F4N4O3S/c1-31(2,21-6-4-3-5-7-21)30-37-29(38-43-30)24-19-40(18-20-8-10-22(11-9-20)32(34,35)36)26-17-27(25(33)16-23(26)28(24)41)39-12-14-44(42)15-13-39/h3-11,16-17,19H,12-15,18H2,1-2H3. The fourth-order valence-corrected chi connectivity index (χ4v) is 6.42. The molecule has 0 saturated carbocycles. The zero-order valence-corrected chi connectivity index (χ0v) is 24.7. The third kappa shape index (κ3) is 5.66. The summed E-state index contributed by atoms with van der Waals surface area (Å²) in [5.41, 5.74) is 0.184. The second-order valence-corrected chi connectivity index (χ2v) is 13.0. The van der Waals surface area contributed by atoms with Gasteiger partial charge in [-0.1, -0.05) is 47.6 Å². The van der Waals surface area contributed by atoms with E-state index in [1.165, 1.54) is 24.4 Å². The van der Waals surface area contributed by atoms with Crippen molar-refractivity contribution in [1.29, 1.82) is 0 Å². The number of rotatable bonds is 6. The molecule has 1 aliphatic rings. The number of hydrogen-bond acceptors (Lipinski definition) is 6. The van der Waals surface area contributed by atoms with Crippen molar-refractivity contribution in [3.05, 3.63) is 112 Å². The Morgan fingerprint density at radius 2 is 1.64 bits per heavy atom. The Bertz CT molecular complexity index is 1910. The van der Waals surface area contributed by atoms with E-state index in [0.717, 1.165) is 17.7 Å². The summed E-state index contributed by atoms with van der Waals surface area (Å²) in [6.07, 6.45) is -2.95. The van der Waals surface area contributed by atoms with Crippen molar-refractivity contribution in [1.82, 2.24) is 14.7 Å². The highest BCUT2D eigenvalue weighted by Crippen LogP contribution is 2.33. The molecule has 0 spiro atoms. The molecule has 1 saturated heterocycles. The molecule has 7 nitrogen and oxygen atoms in total. The van der Waals surface area contributed by atoms with Crippen molar-refractivity contribution in [2.75, 3.05) is 29.5 Å². The van der Waals surface area contributed by atoms with Gasteiger partial charge < -0.3 is 14.0 Å². The van der Waals surface area contributed by atoms with Gasteiger partial charge in [-0.25, -0.2) is 4.39 Å². The molecular formula is C32H28F4N4O3S. The maximum Gasteiger partial charge on any atom is 0.416 e. The van der Waals surface area contributed by atoms with Crippen LogP contribution in [0.2, 0.25) is 0 Å². The molecule has 1 aliphatic heterocycles. The van der Waals surface area contributed by atoms with Crippen LogP contribution in [0.15, 0.2) is 82.2 Å². The van der Waals surface area contributed by atoms with E-state index >= 15 is 4.39 Å². The molecular weight excluding hydrogens is 596 g/mol. The van der Waals surface area contributed by atoms with Gasteiger partial charge in [0.05, 0.1) is 27.7 Å². The van der Waals surface area contributed by atoms with Crippen LogP contribution in [0.4, 0.5) is 23.2 Å². The van der Waals surface area contributed by atoms with Gasteiger partial charge in [0, 0.05) is 53.5 Å². The van der Waals surface area contributed by atoms with E-state index in [-0.39, 0.29) is 34.9 Å². The first-order chi connectivity index (χ1) is 20.9. The van der Waals surface area contributed by atoms with Crippen molar-refractivity contribution >= 4 is 27.4 Å². The molecule has 6 rings (SSSR count). The van der Waals surface area contributed by atoms with E-state index in [9.17, 15) is 22.2 Å². The van der Waals surface area contributed by atoms with Gasteiger partial charge in [0.25, 0.3) is 0 Å². The lowest BCUT2D eigenvalue weighted by molar-refractivity contribution is -0.137. The average Bonchev–Trinajstić information content (AvgIpc) is 3.50. The minimum absolute atomic E-state index is 0.0140. The summed E-state index contributed by atoms with van der Waals surface area (Å²) in [7, 11) is -0.975. The van der Waals surface area contributed by atoms with Crippen LogP contribution >= 0.6 is 0 Å². The molecule has 0 radical (unpaired) electrons. The van der Waals surface area contributed by atoms with E-state index in [0.29, 0.717) is 35.7 Å². The lowest BCUT2D eigenvalue weighted by Crippen LogP contribution is -2.38. The van der Waals surface area contributed by atoms with Crippen molar-refractivity contribution in [3.8, 4) is 11.4 Å². The molecule has 0 atom stereocenters. The summed E-state index contributed by atoms with van der Waals surface area (Å²) in [5.74, 6) is 0.471. The number of anilines is 1. The minimum atomic E-state index is -4.48. The van der Waals surface area contributed by atoms with Gasteiger partial charge in [-0.3, -0.25) is 9.00 Å². The maximum absolute atomic E-state index is 15.6. The van der Waals surface area contributed by atoms with Crippen LogP contribution in [-0.2, 0) is 28.9 Å². The third-order valence-electron chi connectivity index (χ3n) is 8.00. The van der Waals surface area contributed by atoms with E-state index in [4.69, 9.17) is 4.52 Å². The smallest absolute Gasteiger partial charge is 0.367 e. The van der Waals surface area contributed by atoms with Crippen LogP contribution in [0.3, 0.4) is 0 Å². The molecule has 228 valence electrons. The number of alkyl halides is 3. The van der Waals surface area contributed by atoms with Crippen LogP contribution < -0.4 is 10.3 Å². The number of halogens is 4. The molecule has 12 heteroatoms. The Morgan fingerprint density at radius 1 is 0.955 bits per heavy atom. The summed E-state index contributed by atoms with van der Waals surface area (Å²) in [5, 5.41) is 4.16. The van der Waals surface area contributed by atoms with Gasteiger partial charge in [0.15, 0.2) is 0 Å². The Hall–Kier alpha value is -4.32. The van der Waals surface area contributed by atoms with Crippen molar-refractivity contribution in [2.45, 2.75) is 32.0 Å². The molecule has 2 aromatic heterocycles. The molecule has 0 aliphatic carbocycles. The zero-order chi connectivity index (χ0) is 31.2. The minimum Gasteiger partial charge on any atom is -0.367 e. The number of pyridine rings is 1. The molecule has 0 bridgehead atoms. The van der Waals surface area contributed by atoms with Crippen LogP contribution in [-0.4, -0.2) is 43.5 Å². The van der Waals surface area contributed by atoms with Crippen LogP contribution in [0.5, 0.6) is 0 Å². The van der Waals surface area contributed by atoms with Crippen LogP contribution in [0.25, 0.3) is 22.3 Å². The molecule has 5 aromatic rings. The number of aromatic nitrogens is 3. The normalized spacial score (nSPS) is 14.8. The van der Waals surface area contributed by atoms with Gasteiger partial charge in [-0.2, -0.15) is 18.2 Å². The largest absolute Gasteiger partial charge is 0.416 e. The molecule has 3 heterocycles. The Morgan fingerprint density at radius 3 is 2.30 bits per heavy atom. The Labute approximate surface area is 252 Å². The first-order valence-electron chi connectivity index (χ1n) is 13.9. The molecule has 0 amide bonds. The first-order valence-corrected chi connectivity index (χ1v) is 15.4. The fraction of sp³-hybridized carbons (Fsp3) is 0.281. The molecule has 1 fully saturated rings. The third-order valence-corrected chi connectivity index (χ3v) is 9.27. The summed E-state index contributed by atoms with van der Waals surface area (Å²) in [6, 6.07) is 17.0. The number of nitrogens with zero attached hydrogens (tertiary/aromatic N) is 4. The first kappa shape index (κ1) is 29.7. The number of fused-ring (bicyclic) bond motifs is 1. The number of hydrogen-bond donors (Lipinski definition) is 0. The quantitative estimate of drug-likeness (QED) is 0.211.